The second-order valence-corrected chi connectivity index (χ2v) is 7.30. The van der Waals surface area contributed by atoms with E-state index in [0.29, 0.717) is 6.54 Å². The lowest BCUT2D eigenvalue weighted by Crippen LogP contribution is -2.35. The largest absolute Gasteiger partial charge is 0.356 e. The number of nitrogens with zero attached hydrogens (tertiary/aromatic N) is 3. The van der Waals surface area contributed by atoms with E-state index < -0.39 is 0 Å². The smallest absolute Gasteiger partial charge is 0.223 e. The Hall–Kier alpha value is -2.54. The lowest BCUT2D eigenvalue weighted by atomic mass is 9.90. The van der Waals surface area contributed by atoms with E-state index in [9.17, 15) is 4.79 Å². The average Bonchev–Trinajstić information content (AvgIpc) is 3.31. The summed E-state index contributed by atoms with van der Waals surface area (Å²) in [6.07, 6.45) is 10.6. The lowest BCUT2D eigenvalue weighted by Gasteiger charge is -2.20. The molecule has 0 spiro atoms. The quantitative estimate of drug-likeness (QED) is 0.738. The van der Waals surface area contributed by atoms with Crippen LogP contribution in [0.2, 0.25) is 0 Å². The fourth-order valence-electron chi connectivity index (χ4n) is 3.11. The molecule has 2 N–H and O–H groups in total. The zero-order valence-corrected chi connectivity index (χ0v) is 14.6. The van der Waals surface area contributed by atoms with Gasteiger partial charge in [-0.05, 0) is 37.0 Å². The van der Waals surface area contributed by atoms with Gasteiger partial charge in [0.1, 0.15) is 5.01 Å². The number of thiazole rings is 1. The first kappa shape index (κ1) is 16.0. The van der Waals surface area contributed by atoms with Crippen LogP contribution in [0.1, 0.15) is 22.6 Å². The van der Waals surface area contributed by atoms with E-state index >= 15 is 0 Å². The van der Waals surface area contributed by atoms with E-state index in [-0.39, 0.29) is 11.8 Å². The number of aromatic amines is 1. The summed E-state index contributed by atoms with van der Waals surface area (Å²) < 4.78 is 0. The Balaban J connectivity index is 1.37. The predicted octanol–water partition coefficient (Wildman–Crippen LogP) is 2.39. The lowest BCUT2D eigenvalue weighted by molar-refractivity contribution is -0.125. The molecule has 7 heteroatoms. The van der Waals surface area contributed by atoms with E-state index in [2.05, 4.69) is 20.5 Å². The SMILES string of the molecule is O=C(NCCc1cn[nH]c1)C1CCc2sc(-c3ccncc3)nc2C1. The molecule has 0 saturated carbocycles. The summed E-state index contributed by atoms with van der Waals surface area (Å²) in [5, 5.41) is 10.8. The molecule has 0 bridgehead atoms. The minimum atomic E-state index is 0.0178. The summed E-state index contributed by atoms with van der Waals surface area (Å²) in [5.41, 5.74) is 3.28. The molecule has 3 aromatic rings. The molecular formula is C18H19N5OS. The number of pyridine rings is 1. The topological polar surface area (TPSA) is 83.6 Å². The zero-order valence-electron chi connectivity index (χ0n) is 13.7. The fraction of sp³-hybridized carbons (Fsp3) is 0.333. The van der Waals surface area contributed by atoms with Crippen molar-refractivity contribution in [2.45, 2.75) is 25.7 Å². The highest BCUT2D eigenvalue weighted by Gasteiger charge is 2.27. The highest BCUT2D eigenvalue weighted by molar-refractivity contribution is 7.15. The Labute approximate surface area is 149 Å². The maximum Gasteiger partial charge on any atom is 0.223 e. The van der Waals surface area contributed by atoms with Gasteiger partial charge in [0.15, 0.2) is 0 Å². The molecule has 4 rings (SSSR count). The molecule has 0 radical (unpaired) electrons. The van der Waals surface area contributed by atoms with Crippen LogP contribution in [-0.2, 0) is 24.1 Å². The first-order valence-corrected chi connectivity index (χ1v) is 9.25. The molecule has 0 aliphatic heterocycles. The minimum Gasteiger partial charge on any atom is -0.356 e. The number of fused-ring (bicyclic) bond motifs is 1. The van der Waals surface area contributed by atoms with Crippen molar-refractivity contribution in [1.29, 1.82) is 0 Å². The van der Waals surface area contributed by atoms with Crippen LogP contribution in [0, 0.1) is 5.92 Å². The molecule has 3 aromatic heterocycles. The summed E-state index contributed by atoms with van der Waals surface area (Å²) in [4.78, 5) is 22.6. The van der Waals surface area contributed by atoms with Gasteiger partial charge in [-0.25, -0.2) is 4.98 Å². The maximum atomic E-state index is 12.4. The molecule has 1 atom stereocenters. The van der Waals surface area contributed by atoms with Gasteiger partial charge in [0.2, 0.25) is 5.91 Å². The van der Waals surface area contributed by atoms with E-state index in [1.165, 1.54) is 4.88 Å². The Morgan fingerprint density at radius 1 is 1.36 bits per heavy atom. The number of amides is 1. The number of nitrogens with one attached hydrogen (secondary N) is 2. The van der Waals surface area contributed by atoms with Crippen molar-refractivity contribution >= 4 is 17.2 Å². The van der Waals surface area contributed by atoms with Crippen LogP contribution >= 0.6 is 11.3 Å². The van der Waals surface area contributed by atoms with E-state index in [4.69, 9.17) is 4.98 Å². The van der Waals surface area contributed by atoms with Gasteiger partial charge in [-0.1, -0.05) is 0 Å². The Kier molecular flexibility index (Phi) is 4.56. The molecule has 0 saturated heterocycles. The number of carbonyl (C=O) groups excluding carboxylic acids is 1. The summed E-state index contributed by atoms with van der Waals surface area (Å²) in [6, 6.07) is 3.95. The van der Waals surface area contributed by atoms with Gasteiger partial charge in [0.25, 0.3) is 0 Å². The van der Waals surface area contributed by atoms with Crippen molar-refractivity contribution in [2.24, 2.45) is 5.92 Å². The molecule has 128 valence electrons. The summed E-state index contributed by atoms with van der Waals surface area (Å²) >= 11 is 1.74. The second-order valence-electron chi connectivity index (χ2n) is 6.21. The maximum absolute atomic E-state index is 12.4. The van der Waals surface area contributed by atoms with Gasteiger partial charge in [-0.3, -0.25) is 14.9 Å². The molecule has 1 aliphatic rings. The van der Waals surface area contributed by atoms with Crippen molar-refractivity contribution in [3.63, 3.8) is 0 Å². The third-order valence-electron chi connectivity index (χ3n) is 4.50. The van der Waals surface area contributed by atoms with Gasteiger partial charge in [0, 0.05) is 47.9 Å². The number of aromatic nitrogens is 4. The van der Waals surface area contributed by atoms with E-state index in [1.807, 2.05) is 18.3 Å². The van der Waals surface area contributed by atoms with Crippen molar-refractivity contribution in [1.82, 2.24) is 25.5 Å². The summed E-state index contributed by atoms with van der Waals surface area (Å²) in [6.45, 7) is 0.640. The van der Waals surface area contributed by atoms with Crippen LogP contribution in [0.4, 0.5) is 0 Å². The molecule has 25 heavy (non-hydrogen) atoms. The van der Waals surface area contributed by atoms with Crippen molar-refractivity contribution in [3.05, 3.63) is 53.1 Å². The number of rotatable bonds is 5. The molecule has 1 amide bonds. The highest BCUT2D eigenvalue weighted by atomic mass is 32.1. The monoisotopic (exact) mass is 353 g/mol. The second kappa shape index (κ2) is 7.14. The highest BCUT2D eigenvalue weighted by Crippen LogP contribution is 2.34. The fourth-order valence-corrected chi connectivity index (χ4v) is 4.22. The number of carbonyl (C=O) groups is 1. The normalized spacial score (nSPS) is 16.4. The predicted molar refractivity (Wildman–Crippen MR) is 96.2 cm³/mol. The van der Waals surface area contributed by atoms with Crippen LogP contribution in [0.3, 0.4) is 0 Å². The average molecular weight is 353 g/mol. The minimum absolute atomic E-state index is 0.0178. The van der Waals surface area contributed by atoms with Crippen LogP contribution in [0.25, 0.3) is 10.6 Å². The van der Waals surface area contributed by atoms with Crippen molar-refractivity contribution in [3.8, 4) is 10.6 Å². The van der Waals surface area contributed by atoms with Crippen LogP contribution in [0.5, 0.6) is 0 Å². The molecule has 6 nitrogen and oxygen atoms in total. The number of hydrogen-bond acceptors (Lipinski definition) is 5. The zero-order chi connectivity index (χ0) is 17.1. The molecule has 1 unspecified atom stereocenters. The van der Waals surface area contributed by atoms with Crippen molar-refractivity contribution < 1.29 is 4.79 Å². The van der Waals surface area contributed by atoms with Gasteiger partial charge in [-0.15, -0.1) is 11.3 Å². The van der Waals surface area contributed by atoms with Crippen LogP contribution in [0.15, 0.2) is 36.9 Å². The molecule has 0 aromatic carbocycles. The first-order chi connectivity index (χ1) is 12.3. The standard InChI is InChI=1S/C18H19N5OS/c24-17(20-8-3-12-10-21-22-11-12)14-1-2-16-15(9-14)23-18(25-16)13-4-6-19-7-5-13/h4-7,10-11,14H,1-3,8-9H2,(H,20,24)(H,21,22). The molecular weight excluding hydrogens is 334 g/mol. The Morgan fingerprint density at radius 3 is 3.04 bits per heavy atom. The first-order valence-electron chi connectivity index (χ1n) is 8.44. The Morgan fingerprint density at radius 2 is 2.24 bits per heavy atom. The van der Waals surface area contributed by atoms with Gasteiger partial charge < -0.3 is 5.32 Å². The Bertz CT molecular complexity index is 844. The third-order valence-corrected chi connectivity index (χ3v) is 5.71. The summed E-state index contributed by atoms with van der Waals surface area (Å²) in [7, 11) is 0. The van der Waals surface area contributed by atoms with E-state index in [1.54, 1.807) is 29.9 Å². The van der Waals surface area contributed by atoms with E-state index in [0.717, 1.165) is 47.5 Å². The van der Waals surface area contributed by atoms with Gasteiger partial charge in [-0.2, -0.15) is 5.10 Å². The summed E-state index contributed by atoms with van der Waals surface area (Å²) in [5.74, 6) is 0.150. The van der Waals surface area contributed by atoms with Gasteiger partial charge >= 0.3 is 0 Å². The molecule has 3 heterocycles. The number of hydrogen-bond donors (Lipinski definition) is 2. The van der Waals surface area contributed by atoms with Crippen molar-refractivity contribution in [2.75, 3.05) is 6.54 Å². The third kappa shape index (κ3) is 3.61. The number of H-pyrrole nitrogens is 1. The molecule has 1 aliphatic carbocycles. The molecule has 0 fully saturated rings. The van der Waals surface area contributed by atoms with Crippen LogP contribution in [-0.4, -0.2) is 32.6 Å². The van der Waals surface area contributed by atoms with Gasteiger partial charge in [0.05, 0.1) is 11.9 Å². The number of aryl methyl sites for hydroxylation is 1. The van der Waals surface area contributed by atoms with Crippen LogP contribution < -0.4 is 5.32 Å².